The zero-order chi connectivity index (χ0) is 12.3. The smallest absolute Gasteiger partial charge is 0.333 e. The number of aliphatic imine (C=N–C) groups is 1. The minimum absolute atomic E-state index is 0.0712. The van der Waals surface area contributed by atoms with Gasteiger partial charge in [0.05, 0.1) is 13.2 Å². The van der Waals surface area contributed by atoms with Crippen molar-refractivity contribution in [3.8, 4) is 5.88 Å². The molecule has 0 saturated carbocycles. The Balaban J connectivity index is 3.41. The first kappa shape index (κ1) is 12.2. The molecular formula is C9H13N3O4. The third-order valence-corrected chi connectivity index (χ3v) is 2.12. The lowest BCUT2D eigenvalue weighted by atomic mass is 10.3. The third kappa shape index (κ3) is 2.03. The van der Waals surface area contributed by atoms with E-state index in [1.54, 1.807) is 0 Å². The Morgan fingerprint density at radius 3 is 2.50 bits per heavy atom. The second kappa shape index (κ2) is 4.75. The molecule has 7 heteroatoms. The van der Waals surface area contributed by atoms with Gasteiger partial charge in [0, 0.05) is 20.3 Å². The summed E-state index contributed by atoms with van der Waals surface area (Å²) in [6.45, 7) is -0.0191. The van der Waals surface area contributed by atoms with Crippen LogP contribution in [0.4, 0.5) is 0 Å². The summed E-state index contributed by atoms with van der Waals surface area (Å²) >= 11 is 0. The molecule has 0 fully saturated rings. The van der Waals surface area contributed by atoms with Crippen molar-refractivity contribution in [3.63, 3.8) is 0 Å². The molecule has 0 aromatic carbocycles. The molecule has 0 radical (unpaired) electrons. The minimum atomic E-state index is -0.623. The van der Waals surface area contributed by atoms with E-state index >= 15 is 0 Å². The lowest BCUT2D eigenvalue weighted by Crippen LogP contribution is -2.38. The van der Waals surface area contributed by atoms with Gasteiger partial charge >= 0.3 is 5.69 Å². The van der Waals surface area contributed by atoms with Gasteiger partial charge in [-0.15, -0.1) is 0 Å². The molecule has 1 heterocycles. The topological polar surface area (TPSA) is 96.8 Å². The molecule has 0 bridgehead atoms. The standard InChI is InChI=1S/C9H13N3O4/c1-11-7(14)6(5-10-3-4-13)8(15)12(2)9(11)16/h5,13-14H,3-4H2,1-2H3. The van der Waals surface area contributed by atoms with Gasteiger partial charge in [-0.1, -0.05) is 0 Å². The molecule has 1 aromatic rings. The summed E-state index contributed by atoms with van der Waals surface area (Å²) in [5, 5.41) is 18.1. The maximum Gasteiger partial charge on any atom is 0.333 e. The Morgan fingerprint density at radius 2 is 1.94 bits per heavy atom. The maximum absolute atomic E-state index is 11.6. The molecule has 7 nitrogen and oxygen atoms in total. The van der Waals surface area contributed by atoms with Crippen LogP contribution in [0.25, 0.3) is 0 Å². The molecule has 0 amide bonds. The molecule has 0 aliphatic heterocycles. The lowest BCUT2D eigenvalue weighted by Gasteiger charge is -2.06. The number of hydrogen-bond donors (Lipinski definition) is 2. The van der Waals surface area contributed by atoms with Gasteiger partial charge in [-0.25, -0.2) is 4.79 Å². The summed E-state index contributed by atoms with van der Waals surface area (Å²) in [7, 11) is 2.66. The average Bonchev–Trinajstić information content (AvgIpc) is 2.28. The van der Waals surface area contributed by atoms with Crippen LogP contribution in [0.1, 0.15) is 5.56 Å². The second-order valence-corrected chi connectivity index (χ2v) is 3.20. The maximum atomic E-state index is 11.6. The van der Waals surface area contributed by atoms with Crippen molar-refractivity contribution in [2.24, 2.45) is 19.1 Å². The normalized spacial score (nSPS) is 11.2. The minimum Gasteiger partial charge on any atom is -0.494 e. The average molecular weight is 227 g/mol. The van der Waals surface area contributed by atoms with E-state index in [1.165, 1.54) is 14.1 Å². The Kier molecular flexibility index (Phi) is 3.62. The van der Waals surface area contributed by atoms with Gasteiger partial charge < -0.3 is 10.2 Å². The summed E-state index contributed by atoms with van der Waals surface area (Å²) in [4.78, 5) is 26.7. The number of nitrogens with zero attached hydrogens (tertiary/aromatic N) is 3. The summed E-state index contributed by atoms with van der Waals surface area (Å²) in [5.74, 6) is -0.435. The third-order valence-electron chi connectivity index (χ3n) is 2.12. The van der Waals surface area contributed by atoms with Crippen LogP contribution >= 0.6 is 0 Å². The van der Waals surface area contributed by atoms with E-state index in [9.17, 15) is 14.7 Å². The molecule has 1 aromatic heterocycles. The fourth-order valence-corrected chi connectivity index (χ4v) is 1.19. The molecule has 2 N–H and O–H groups in total. The molecule has 0 unspecified atom stereocenters. The van der Waals surface area contributed by atoms with E-state index in [0.29, 0.717) is 0 Å². The largest absolute Gasteiger partial charge is 0.494 e. The molecule has 0 aliphatic carbocycles. The number of rotatable bonds is 3. The van der Waals surface area contributed by atoms with Crippen molar-refractivity contribution in [2.45, 2.75) is 0 Å². The first-order valence-corrected chi connectivity index (χ1v) is 4.60. The van der Waals surface area contributed by atoms with Gasteiger partial charge in [-0.3, -0.25) is 18.9 Å². The first-order valence-electron chi connectivity index (χ1n) is 4.60. The number of aliphatic hydroxyl groups is 1. The van der Waals surface area contributed by atoms with E-state index in [4.69, 9.17) is 5.11 Å². The van der Waals surface area contributed by atoms with E-state index in [-0.39, 0.29) is 18.7 Å². The van der Waals surface area contributed by atoms with Crippen molar-refractivity contribution in [2.75, 3.05) is 13.2 Å². The van der Waals surface area contributed by atoms with Crippen LogP contribution in [-0.4, -0.2) is 38.7 Å². The molecular weight excluding hydrogens is 214 g/mol. The predicted octanol–water partition coefficient (Wildman–Crippen LogP) is -1.80. The number of aliphatic hydroxyl groups excluding tert-OH is 1. The van der Waals surface area contributed by atoms with Gasteiger partial charge in [0.2, 0.25) is 5.88 Å². The van der Waals surface area contributed by atoms with E-state index in [2.05, 4.69) is 4.99 Å². The first-order chi connectivity index (χ1) is 7.50. The summed E-state index contributed by atoms with van der Waals surface area (Å²) in [6, 6.07) is 0. The van der Waals surface area contributed by atoms with Gasteiger partial charge in [0.25, 0.3) is 5.56 Å². The molecule has 88 valence electrons. The Bertz CT molecular complexity index is 527. The summed E-state index contributed by atoms with van der Waals surface area (Å²) in [5.41, 5.74) is -1.30. The molecule has 0 spiro atoms. The van der Waals surface area contributed by atoms with Crippen molar-refractivity contribution in [1.29, 1.82) is 0 Å². The number of aromatic nitrogens is 2. The Hall–Kier alpha value is -1.89. The van der Waals surface area contributed by atoms with Crippen LogP contribution < -0.4 is 11.2 Å². The molecule has 16 heavy (non-hydrogen) atoms. The zero-order valence-corrected chi connectivity index (χ0v) is 9.04. The van der Waals surface area contributed by atoms with Crippen LogP contribution in [0.5, 0.6) is 5.88 Å². The van der Waals surface area contributed by atoms with Gasteiger partial charge in [-0.05, 0) is 0 Å². The van der Waals surface area contributed by atoms with Crippen molar-refractivity contribution in [1.82, 2.24) is 9.13 Å². The van der Waals surface area contributed by atoms with Crippen LogP contribution in [-0.2, 0) is 14.1 Å². The summed E-state index contributed by atoms with van der Waals surface area (Å²) in [6.07, 6.45) is 1.15. The van der Waals surface area contributed by atoms with Gasteiger partial charge in [-0.2, -0.15) is 0 Å². The van der Waals surface area contributed by atoms with Crippen LogP contribution in [0.3, 0.4) is 0 Å². The number of aromatic hydroxyl groups is 1. The van der Waals surface area contributed by atoms with E-state index in [0.717, 1.165) is 15.3 Å². The quantitative estimate of drug-likeness (QED) is 0.595. The fourth-order valence-electron chi connectivity index (χ4n) is 1.19. The van der Waals surface area contributed by atoms with Crippen molar-refractivity contribution >= 4 is 6.21 Å². The highest BCUT2D eigenvalue weighted by Gasteiger charge is 2.12. The summed E-state index contributed by atoms with van der Waals surface area (Å²) < 4.78 is 1.82. The Labute approximate surface area is 90.9 Å². The predicted molar refractivity (Wildman–Crippen MR) is 58.1 cm³/mol. The SMILES string of the molecule is Cn1c(O)c(C=NCCO)c(=O)n(C)c1=O. The highest BCUT2D eigenvalue weighted by Crippen LogP contribution is 2.05. The molecule has 1 rings (SSSR count). The molecule has 0 atom stereocenters. The highest BCUT2D eigenvalue weighted by molar-refractivity contribution is 5.81. The van der Waals surface area contributed by atoms with Gasteiger partial charge in [0.15, 0.2) is 0 Å². The highest BCUT2D eigenvalue weighted by atomic mass is 16.3. The lowest BCUT2D eigenvalue weighted by molar-refractivity contribution is 0.307. The zero-order valence-electron chi connectivity index (χ0n) is 9.04. The van der Waals surface area contributed by atoms with Crippen LogP contribution in [0.2, 0.25) is 0 Å². The molecule has 0 saturated heterocycles. The van der Waals surface area contributed by atoms with E-state index < -0.39 is 17.1 Å². The van der Waals surface area contributed by atoms with Gasteiger partial charge in [0.1, 0.15) is 5.56 Å². The van der Waals surface area contributed by atoms with Crippen LogP contribution in [0, 0.1) is 0 Å². The van der Waals surface area contributed by atoms with Crippen molar-refractivity contribution in [3.05, 3.63) is 26.4 Å². The monoisotopic (exact) mass is 227 g/mol. The number of hydrogen-bond acceptors (Lipinski definition) is 5. The fraction of sp³-hybridized carbons (Fsp3) is 0.444. The Morgan fingerprint density at radius 1 is 1.31 bits per heavy atom. The van der Waals surface area contributed by atoms with Crippen LogP contribution in [0.15, 0.2) is 14.6 Å². The second-order valence-electron chi connectivity index (χ2n) is 3.20. The van der Waals surface area contributed by atoms with E-state index in [1.807, 2.05) is 0 Å². The molecule has 0 aliphatic rings. The van der Waals surface area contributed by atoms with Crippen molar-refractivity contribution < 1.29 is 10.2 Å².